The fourth-order valence-electron chi connectivity index (χ4n) is 5.62. The zero-order chi connectivity index (χ0) is 53.1. The van der Waals surface area contributed by atoms with Crippen molar-refractivity contribution in [1.29, 1.82) is 0 Å². The molecule has 0 aliphatic carbocycles. The topological polar surface area (TPSA) is 248 Å². The Labute approximate surface area is 408 Å². The first kappa shape index (κ1) is 55.7. The molecule has 17 nitrogen and oxygen atoms in total. The van der Waals surface area contributed by atoms with E-state index in [9.17, 15) is 60.0 Å². The molecule has 0 heterocycles. The van der Waals surface area contributed by atoms with Gasteiger partial charge in [0.25, 0.3) is 10.1 Å². The first-order valence-corrected chi connectivity index (χ1v) is 25.8. The highest BCUT2D eigenvalue weighted by atomic mass is 32.2. The number of rotatable bonds is 18. The molecule has 0 amide bonds. The van der Waals surface area contributed by atoms with Crippen LogP contribution in [0.2, 0.25) is 0 Å². The van der Waals surface area contributed by atoms with E-state index in [4.69, 9.17) is 27.6 Å². The molecule has 27 heteroatoms. The summed E-state index contributed by atoms with van der Waals surface area (Å²) in [6, 6.07) is 28.8. The van der Waals surface area contributed by atoms with Crippen LogP contribution in [-0.4, -0.2) is 80.4 Å². The van der Waals surface area contributed by atoms with Crippen molar-refractivity contribution in [3.8, 4) is 23.0 Å². The number of nitrogens with zero attached hydrogens (tertiary/aromatic N) is 2. The molecule has 0 radical (unpaired) electrons. The quantitative estimate of drug-likeness (QED) is 0.0155. The van der Waals surface area contributed by atoms with Gasteiger partial charge in [-0.15, -0.1) is 0 Å². The largest absolute Gasteiger partial charge is 0.493 e. The van der Waals surface area contributed by atoms with Crippen molar-refractivity contribution in [1.82, 2.24) is 0 Å². The van der Waals surface area contributed by atoms with E-state index in [0.717, 1.165) is 83.9 Å². The Kier molecular flexibility index (Phi) is 17.7. The van der Waals surface area contributed by atoms with Crippen LogP contribution in [0.25, 0.3) is 0 Å². The van der Waals surface area contributed by atoms with Gasteiger partial charge in [0.2, 0.25) is 0 Å². The van der Waals surface area contributed by atoms with E-state index < -0.39 is 74.7 Å². The first-order chi connectivity index (χ1) is 33.6. The molecule has 0 aliphatic heterocycles. The molecule has 0 aromatic heterocycles. The molecule has 6 aromatic rings. The Hall–Kier alpha value is -7.20. The fraction of sp³-hybridized carbons (Fsp3) is 0.156. The van der Waals surface area contributed by atoms with Gasteiger partial charge in [0.05, 0.1) is 18.1 Å². The summed E-state index contributed by atoms with van der Waals surface area (Å²) in [5, 5.41) is 13.8. The van der Waals surface area contributed by atoms with Crippen LogP contribution in [0.15, 0.2) is 175 Å². The first-order valence-electron chi connectivity index (χ1n) is 20.1. The average molecular weight is 1090 g/mol. The molecule has 6 aromatic carbocycles. The zero-order valence-corrected chi connectivity index (χ0v) is 40.2. The third-order valence-electron chi connectivity index (χ3n) is 9.21. The summed E-state index contributed by atoms with van der Waals surface area (Å²) in [6.45, 7) is 3.68. The number of benzene rings is 6. The third kappa shape index (κ3) is 15.9. The van der Waals surface area contributed by atoms with Crippen LogP contribution in [0.3, 0.4) is 0 Å². The van der Waals surface area contributed by atoms with Gasteiger partial charge in [-0.1, -0.05) is 45.7 Å². The summed E-state index contributed by atoms with van der Waals surface area (Å²) in [4.78, 5) is -1.14. The Morgan fingerprint density at radius 2 is 0.778 bits per heavy atom. The highest BCUT2D eigenvalue weighted by molar-refractivity contribution is 7.87. The Balaban J connectivity index is 0.000000380. The van der Waals surface area contributed by atoms with Gasteiger partial charge in [-0.05, 0) is 135 Å². The lowest BCUT2D eigenvalue weighted by molar-refractivity contribution is -0.0608. The predicted octanol–water partition coefficient (Wildman–Crippen LogP) is 9.03. The summed E-state index contributed by atoms with van der Waals surface area (Å²) < 4.78 is 210. The van der Waals surface area contributed by atoms with Crippen LogP contribution in [0.1, 0.15) is 28.7 Å². The molecule has 0 bridgehead atoms. The number of hydrogen-bond acceptors (Lipinski definition) is 16. The average Bonchev–Trinajstić information content (AvgIpc) is 3.29. The van der Waals surface area contributed by atoms with Crippen molar-refractivity contribution in [3.63, 3.8) is 0 Å². The maximum Gasteiger partial charge on any atom is 0.437 e. The monoisotopic (exact) mass is 1090 g/mol. The molecule has 6 rings (SSSR count). The number of aryl methyl sites for hydroxylation is 2. The lowest BCUT2D eigenvalue weighted by Crippen LogP contribution is -2.25. The summed E-state index contributed by atoms with van der Waals surface area (Å²) >= 11 is 0. The Bertz CT molecular complexity index is 3320. The molecule has 0 aliphatic rings. The number of hydrogen-bond donors (Lipinski definition) is 2. The van der Waals surface area contributed by atoms with Crippen LogP contribution in [0.4, 0.5) is 26.3 Å². The van der Waals surface area contributed by atoms with Crippen molar-refractivity contribution in [2.75, 3.05) is 13.2 Å². The van der Waals surface area contributed by atoms with Crippen molar-refractivity contribution in [3.05, 3.63) is 168 Å². The molecule has 0 saturated heterocycles. The lowest BCUT2D eigenvalue weighted by Gasteiger charge is -2.12. The summed E-state index contributed by atoms with van der Waals surface area (Å²) in [5.41, 5.74) is -2.35. The molecule has 0 fully saturated rings. The van der Waals surface area contributed by atoms with Crippen molar-refractivity contribution >= 4 is 51.9 Å². The van der Waals surface area contributed by atoms with Crippen LogP contribution in [0.5, 0.6) is 23.0 Å². The second-order valence-electron chi connectivity index (χ2n) is 14.6. The minimum Gasteiger partial charge on any atom is -0.493 e. The fourth-order valence-corrected chi connectivity index (χ4v) is 8.69. The van der Waals surface area contributed by atoms with Gasteiger partial charge in [0, 0.05) is 17.5 Å². The van der Waals surface area contributed by atoms with Crippen molar-refractivity contribution in [2.24, 2.45) is 10.3 Å². The second kappa shape index (κ2) is 22.9. The lowest BCUT2D eigenvalue weighted by atomic mass is 10.1. The molecular formula is C45H38F6N2O15S4. The normalized spacial score (nSPS) is 12.8. The molecule has 2 N–H and O–H groups in total. The Morgan fingerprint density at radius 1 is 0.458 bits per heavy atom. The van der Waals surface area contributed by atoms with Gasteiger partial charge in [-0.25, -0.2) is 0 Å². The molecule has 72 heavy (non-hydrogen) atoms. The van der Waals surface area contributed by atoms with Gasteiger partial charge in [-0.2, -0.15) is 60.0 Å². The minimum absolute atomic E-state index is 0.00745. The van der Waals surface area contributed by atoms with E-state index in [0.29, 0.717) is 0 Å². The van der Waals surface area contributed by atoms with E-state index in [-0.39, 0.29) is 62.9 Å². The van der Waals surface area contributed by atoms with Crippen molar-refractivity contribution in [2.45, 2.75) is 52.2 Å². The summed E-state index contributed by atoms with van der Waals surface area (Å²) in [5.74, 6) is 0.0483. The van der Waals surface area contributed by atoms with Gasteiger partial charge in [-0.3, -0.25) is 8.84 Å². The smallest absolute Gasteiger partial charge is 0.437 e. The van der Waals surface area contributed by atoms with E-state index in [2.05, 4.69) is 14.6 Å². The molecule has 0 atom stereocenters. The highest BCUT2D eigenvalue weighted by Crippen LogP contribution is 2.28. The summed E-state index contributed by atoms with van der Waals surface area (Å²) in [6.07, 6.45) is -9.73. The Morgan fingerprint density at radius 3 is 1.12 bits per heavy atom. The van der Waals surface area contributed by atoms with Gasteiger partial charge in [0.15, 0.2) is 11.4 Å². The maximum atomic E-state index is 13.8. The van der Waals surface area contributed by atoms with E-state index in [1.54, 1.807) is 31.2 Å². The number of halogens is 6. The van der Waals surface area contributed by atoms with E-state index in [1.807, 2.05) is 6.92 Å². The van der Waals surface area contributed by atoms with Gasteiger partial charge >= 0.3 is 42.7 Å². The highest BCUT2D eigenvalue weighted by Gasteiger charge is 2.39. The molecule has 0 spiro atoms. The number of oxime groups is 2. The standard InChI is InChI=1S/C32H26F6N2O9S2.C13H12O6S2/c1-21-3-15-27(16-4-21)50(42,43)48-26-13-17-28(18-14-26)51(44,45)49-40-30(32(36,37)38)23-7-11-25(12-8-23)47-20-2-19-46-24-9-5-22(6-10-24)29(39-41)31(33,34)35;1-10-2-6-13(7-3-10)21(17,18)19-11-4-8-12(9-5-11)20(14,15)16/h3-18,41H,2,19-20H2,1H3;2-9H,1H3,(H,14,15,16). The van der Waals surface area contributed by atoms with Gasteiger partial charge < -0.3 is 23.0 Å². The van der Waals surface area contributed by atoms with Crippen molar-refractivity contribution < 1.29 is 91.9 Å². The van der Waals surface area contributed by atoms with Gasteiger partial charge in [0.1, 0.15) is 37.7 Å². The number of alkyl halides is 6. The SMILES string of the molecule is Cc1ccc(S(=O)(=O)Oc2ccc(S(=O)(=O)O)cc2)cc1.Cc1ccc(S(=O)(=O)Oc2ccc(S(=O)(=O)ON=C(c3ccc(OCCCOc4ccc(C(=NO)C(F)(F)F)cc4)cc3)C(F)(F)F)cc2)cc1. The second-order valence-corrected chi connectivity index (χ2v) is 20.7. The molecule has 0 saturated carbocycles. The predicted molar refractivity (Wildman–Crippen MR) is 244 cm³/mol. The van der Waals surface area contributed by atoms with Crippen LogP contribution < -0.4 is 17.8 Å². The van der Waals surface area contributed by atoms with Crippen LogP contribution in [0, 0.1) is 13.8 Å². The summed E-state index contributed by atoms with van der Waals surface area (Å²) in [7, 11) is -17.5. The number of ether oxygens (including phenoxy) is 2. The van der Waals surface area contributed by atoms with E-state index >= 15 is 0 Å². The molecule has 384 valence electrons. The van der Waals surface area contributed by atoms with Crippen LogP contribution >= 0.6 is 0 Å². The van der Waals surface area contributed by atoms with E-state index in [1.165, 1.54) is 48.5 Å². The molecular weight excluding hydrogens is 1050 g/mol. The minimum atomic E-state index is -5.14. The zero-order valence-electron chi connectivity index (χ0n) is 37.0. The molecule has 0 unspecified atom stereocenters. The van der Waals surface area contributed by atoms with Crippen LogP contribution in [-0.2, 0) is 44.8 Å². The maximum absolute atomic E-state index is 13.8. The third-order valence-corrected chi connectivity index (χ3v) is 13.7.